The second-order valence-corrected chi connectivity index (χ2v) is 15.5. The second-order valence-electron chi connectivity index (χ2n) is 14.4. The van der Waals surface area contributed by atoms with Crippen molar-refractivity contribution in [3.63, 3.8) is 0 Å². The highest BCUT2D eigenvalue weighted by molar-refractivity contribution is 7.26. The summed E-state index contributed by atoms with van der Waals surface area (Å²) in [6.45, 7) is 19.1. The topological polar surface area (TPSA) is 4.93 Å². The van der Waals surface area contributed by atoms with E-state index in [9.17, 15) is 0 Å². The van der Waals surface area contributed by atoms with Crippen molar-refractivity contribution >= 4 is 71.7 Å². The van der Waals surface area contributed by atoms with E-state index in [4.69, 9.17) is 0 Å². The molecule has 0 aliphatic heterocycles. The van der Waals surface area contributed by atoms with Crippen molar-refractivity contribution in [1.29, 1.82) is 0 Å². The van der Waals surface area contributed by atoms with Crippen molar-refractivity contribution in [2.75, 3.05) is 0 Å². The van der Waals surface area contributed by atoms with Crippen LogP contribution in [0.1, 0.15) is 56.8 Å². The van der Waals surface area contributed by atoms with Gasteiger partial charge in [0.1, 0.15) is 0 Å². The predicted octanol–water partition coefficient (Wildman–Crippen LogP) is 15.8. The summed E-state index contributed by atoms with van der Waals surface area (Å²) in [6.07, 6.45) is 28.2. The summed E-state index contributed by atoms with van der Waals surface area (Å²) in [5.41, 5.74) is 17.1. The molecule has 58 heavy (non-hydrogen) atoms. The van der Waals surface area contributed by atoms with Gasteiger partial charge in [-0.2, -0.15) is 0 Å². The minimum atomic E-state index is 0.799. The molecule has 284 valence electrons. The van der Waals surface area contributed by atoms with Crippen molar-refractivity contribution in [3.05, 3.63) is 240 Å². The van der Waals surface area contributed by atoms with Gasteiger partial charge in [-0.05, 0) is 96.2 Å². The van der Waals surface area contributed by atoms with Gasteiger partial charge in [0.15, 0.2) is 0 Å². The molecule has 2 aliphatic carbocycles. The Morgan fingerprint density at radius 3 is 2.29 bits per heavy atom. The number of allylic oxidation sites excluding steroid dienone is 11. The molecule has 1 nitrogen and oxygen atoms in total. The van der Waals surface area contributed by atoms with Crippen LogP contribution in [-0.2, 0) is 6.54 Å². The van der Waals surface area contributed by atoms with Gasteiger partial charge in [-0.25, -0.2) is 0 Å². The maximum Gasteiger partial charge on any atom is 0.0485 e. The normalized spacial score (nSPS) is 12.7. The number of aromatic nitrogens is 1. The third-order valence-corrected chi connectivity index (χ3v) is 11.9. The first-order chi connectivity index (χ1) is 28.4. The summed E-state index contributed by atoms with van der Waals surface area (Å²) in [5, 5.41) is 5.11. The lowest BCUT2D eigenvalue weighted by molar-refractivity contribution is 0.765. The Kier molecular flexibility index (Phi) is 12.6. The summed E-state index contributed by atoms with van der Waals surface area (Å²) in [7, 11) is 0. The molecule has 0 radical (unpaired) electrons. The van der Waals surface area contributed by atoms with E-state index in [-0.39, 0.29) is 0 Å². The van der Waals surface area contributed by atoms with E-state index in [2.05, 4.69) is 178 Å². The average molecular weight is 768 g/mol. The van der Waals surface area contributed by atoms with E-state index in [1.807, 2.05) is 66.0 Å². The van der Waals surface area contributed by atoms with E-state index in [1.54, 1.807) is 0 Å². The van der Waals surface area contributed by atoms with Gasteiger partial charge in [0.2, 0.25) is 0 Å². The number of rotatable bonds is 7. The molecule has 2 heteroatoms. The number of thiophene rings is 1. The molecule has 5 aromatic carbocycles. The summed E-state index contributed by atoms with van der Waals surface area (Å²) in [6, 6.07) is 36.2. The van der Waals surface area contributed by atoms with Gasteiger partial charge in [0.25, 0.3) is 0 Å². The SMILES string of the molecule is C=C/C=C\c1c(Cn2c(C)c(C)c3c2C=CCC=C3)cc2ccccc2c1C1=C=CC=CC=C1.C=CC(=C)c1cccc2c1sc1ccccc12.Cc1ccccc1. The molecule has 2 aliphatic rings. The number of hydrogen-bond acceptors (Lipinski definition) is 1. The van der Waals surface area contributed by atoms with E-state index in [0.717, 1.165) is 24.1 Å². The molecule has 0 amide bonds. The zero-order chi connectivity index (χ0) is 40.4. The molecule has 0 saturated carbocycles. The minimum absolute atomic E-state index is 0.799. The number of benzene rings is 5. The van der Waals surface area contributed by atoms with Crippen molar-refractivity contribution in [1.82, 2.24) is 4.57 Å². The maximum atomic E-state index is 4.05. The molecule has 0 unspecified atom stereocenters. The highest BCUT2D eigenvalue weighted by Gasteiger charge is 2.19. The van der Waals surface area contributed by atoms with Gasteiger partial charge >= 0.3 is 0 Å². The fraction of sp³-hybridized carbons (Fsp3) is 0.0893. The van der Waals surface area contributed by atoms with Gasteiger partial charge in [0.05, 0.1) is 0 Å². The fourth-order valence-corrected chi connectivity index (χ4v) is 8.83. The summed E-state index contributed by atoms with van der Waals surface area (Å²) in [4.78, 5) is 0. The van der Waals surface area contributed by atoms with Crippen LogP contribution in [0.25, 0.3) is 60.3 Å². The highest BCUT2D eigenvalue weighted by atomic mass is 32.1. The van der Waals surface area contributed by atoms with Gasteiger partial charge < -0.3 is 4.57 Å². The van der Waals surface area contributed by atoms with Crippen LogP contribution < -0.4 is 0 Å². The summed E-state index contributed by atoms with van der Waals surface area (Å²) in [5.74, 6) is 0. The first kappa shape index (κ1) is 39.5. The van der Waals surface area contributed by atoms with Gasteiger partial charge in [-0.3, -0.25) is 0 Å². The molecule has 0 spiro atoms. The average Bonchev–Trinajstić information content (AvgIpc) is 3.44. The van der Waals surface area contributed by atoms with E-state index >= 15 is 0 Å². The molecule has 0 saturated heterocycles. The van der Waals surface area contributed by atoms with Crippen LogP contribution >= 0.6 is 11.3 Å². The van der Waals surface area contributed by atoms with Gasteiger partial charge in [-0.15, -0.1) is 17.1 Å². The van der Waals surface area contributed by atoms with Gasteiger partial charge in [-0.1, -0.05) is 177 Å². The molecular weight excluding hydrogens is 719 g/mol. The quantitative estimate of drug-likeness (QED) is 0.112. The molecule has 2 heterocycles. The Balaban J connectivity index is 0.000000175. The predicted molar refractivity (Wildman–Crippen MR) is 258 cm³/mol. The molecule has 0 N–H and O–H groups in total. The Bertz CT molecular complexity index is 2890. The molecule has 0 fully saturated rings. The van der Waals surface area contributed by atoms with Crippen molar-refractivity contribution < 1.29 is 0 Å². The lowest BCUT2D eigenvalue weighted by Gasteiger charge is -2.18. The number of aryl methyl sites for hydroxylation is 1. The fourth-order valence-electron chi connectivity index (χ4n) is 7.58. The van der Waals surface area contributed by atoms with Crippen LogP contribution in [-0.4, -0.2) is 4.57 Å². The second kappa shape index (κ2) is 18.5. The van der Waals surface area contributed by atoms with E-state index < -0.39 is 0 Å². The zero-order valence-electron chi connectivity index (χ0n) is 33.7. The van der Waals surface area contributed by atoms with Crippen LogP contribution in [0.4, 0.5) is 0 Å². The maximum absolute atomic E-state index is 4.05. The lowest BCUT2D eigenvalue weighted by Crippen LogP contribution is -2.07. The number of hydrogen-bond donors (Lipinski definition) is 0. The monoisotopic (exact) mass is 767 g/mol. The third-order valence-electron chi connectivity index (χ3n) is 10.7. The molecule has 2 aromatic heterocycles. The smallest absolute Gasteiger partial charge is 0.0485 e. The van der Waals surface area contributed by atoms with Crippen LogP contribution in [0.2, 0.25) is 0 Å². The third kappa shape index (κ3) is 8.50. The first-order valence-electron chi connectivity index (χ1n) is 19.8. The Labute approximate surface area is 348 Å². The van der Waals surface area contributed by atoms with E-state index in [1.165, 1.54) is 81.3 Å². The van der Waals surface area contributed by atoms with Gasteiger partial charge in [0, 0.05) is 54.8 Å². The van der Waals surface area contributed by atoms with Crippen molar-refractivity contribution in [2.45, 2.75) is 33.7 Å². The number of nitrogens with zero attached hydrogens (tertiary/aromatic N) is 1. The molecule has 7 aromatic rings. The Morgan fingerprint density at radius 2 is 1.52 bits per heavy atom. The van der Waals surface area contributed by atoms with Crippen LogP contribution in [0.3, 0.4) is 0 Å². The van der Waals surface area contributed by atoms with Crippen molar-refractivity contribution in [3.8, 4) is 0 Å². The largest absolute Gasteiger partial charge is 0.340 e. The molecule has 9 rings (SSSR count). The summed E-state index contributed by atoms with van der Waals surface area (Å²) < 4.78 is 5.09. The van der Waals surface area contributed by atoms with Crippen LogP contribution in [0.5, 0.6) is 0 Å². The summed E-state index contributed by atoms with van der Waals surface area (Å²) >= 11 is 1.82. The van der Waals surface area contributed by atoms with Crippen LogP contribution in [0, 0.1) is 20.8 Å². The standard InChI is InChI=1S/C33H29N.C16H12S.C7H8/c1-4-5-18-31-28(23-34-25(3)24(2)29-19-11-8-12-21-32(29)34)22-27-17-13-14-20-30(27)33(31)26-15-9-6-7-10-16-26;1-3-11(2)12-8-6-9-14-13-7-4-5-10-15(13)17-16(12)14;1-7-5-3-2-4-6-7/h4-7,9-15,17-22H,1,8,23H2,2-3H3;3-10H,1-2H2;2-6H,1H3/b18-5-;;. The zero-order valence-corrected chi connectivity index (χ0v) is 34.5. The Morgan fingerprint density at radius 1 is 0.776 bits per heavy atom. The first-order valence-corrected chi connectivity index (χ1v) is 20.6. The molecule has 0 atom stereocenters. The van der Waals surface area contributed by atoms with Crippen molar-refractivity contribution in [2.24, 2.45) is 0 Å². The minimum Gasteiger partial charge on any atom is -0.340 e. The van der Waals surface area contributed by atoms with Crippen LogP contribution in [0.15, 0.2) is 189 Å². The highest BCUT2D eigenvalue weighted by Crippen LogP contribution is 2.38. The molecular formula is C56H49NS. The lowest BCUT2D eigenvalue weighted by atomic mass is 9.89. The molecule has 0 bridgehead atoms. The number of fused-ring (bicyclic) bond motifs is 5. The van der Waals surface area contributed by atoms with E-state index in [0.29, 0.717) is 0 Å². The Hall–Kier alpha value is -6.70.